The van der Waals surface area contributed by atoms with Crippen LogP contribution < -0.4 is 0 Å². The molecule has 0 amide bonds. The van der Waals surface area contributed by atoms with Gasteiger partial charge in [-0.3, -0.25) is 9.69 Å². The number of aliphatic hydroxyl groups is 1. The fraction of sp³-hybridized carbons (Fsp3) is 0.500. The molecule has 1 aromatic carbocycles. The van der Waals surface area contributed by atoms with Gasteiger partial charge in [0, 0.05) is 18.0 Å². The molecule has 1 atom stereocenters. The van der Waals surface area contributed by atoms with Crippen molar-refractivity contribution in [2.24, 2.45) is 0 Å². The van der Waals surface area contributed by atoms with Crippen molar-refractivity contribution in [1.82, 2.24) is 4.90 Å². The highest BCUT2D eigenvalue weighted by molar-refractivity contribution is 7.98. The second-order valence-electron chi connectivity index (χ2n) is 4.78. The summed E-state index contributed by atoms with van der Waals surface area (Å²) in [5, 5.41) is 19.0. The predicted molar refractivity (Wildman–Crippen MR) is 75.4 cm³/mol. The Labute approximate surface area is 117 Å². The molecule has 1 saturated heterocycles. The van der Waals surface area contributed by atoms with Crippen LogP contribution in [0.15, 0.2) is 29.2 Å². The Morgan fingerprint density at radius 1 is 1.32 bits per heavy atom. The average molecular weight is 281 g/mol. The molecule has 5 heteroatoms. The van der Waals surface area contributed by atoms with Crippen LogP contribution in [0.4, 0.5) is 0 Å². The summed E-state index contributed by atoms with van der Waals surface area (Å²) in [6.45, 7) is 1.25. The van der Waals surface area contributed by atoms with Gasteiger partial charge in [-0.25, -0.2) is 0 Å². The zero-order valence-corrected chi connectivity index (χ0v) is 11.8. The lowest BCUT2D eigenvalue weighted by molar-refractivity contribution is -0.144. The summed E-state index contributed by atoms with van der Waals surface area (Å²) < 4.78 is 0. The van der Waals surface area contributed by atoms with Gasteiger partial charge in [-0.05, 0) is 36.8 Å². The highest BCUT2D eigenvalue weighted by atomic mass is 32.2. The minimum atomic E-state index is -0.826. The van der Waals surface area contributed by atoms with Crippen molar-refractivity contribution in [2.75, 3.05) is 19.3 Å². The quantitative estimate of drug-likeness (QED) is 0.827. The first kappa shape index (κ1) is 14.4. The van der Waals surface area contributed by atoms with E-state index in [1.54, 1.807) is 11.8 Å². The van der Waals surface area contributed by atoms with Crippen LogP contribution in [0.3, 0.4) is 0 Å². The Balaban J connectivity index is 2.17. The summed E-state index contributed by atoms with van der Waals surface area (Å²) in [5.41, 5.74) is 0.807. The molecule has 1 unspecified atom stereocenters. The number of hydrogen-bond donors (Lipinski definition) is 2. The zero-order valence-electron chi connectivity index (χ0n) is 11.0. The van der Waals surface area contributed by atoms with E-state index in [9.17, 15) is 15.0 Å². The molecule has 104 valence electrons. The minimum Gasteiger partial charge on any atom is -0.480 e. The monoisotopic (exact) mass is 281 g/mol. The molecule has 2 N–H and O–H groups in total. The van der Waals surface area contributed by atoms with Crippen molar-refractivity contribution in [3.05, 3.63) is 29.8 Å². The summed E-state index contributed by atoms with van der Waals surface area (Å²) in [4.78, 5) is 14.6. The van der Waals surface area contributed by atoms with Crippen LogP contribution in [0.5, 0.6) is 0 Å². The van der Waals surface area contributed by atoms with Crippen LogP contribution in [0.25, 0.3) is 0 Å². The normalized spacial score (nSPS) is 19.3. The number of thioether (sulfide) groups is 1. The Bertz CT molecular complexity index is 427. The van der Waals surface area contributed by atoms with Crippen LogP contribution >= 0.6 is 11.8 Å². The molecule has 1 heterocycles. The second kappa shape index (κ2) is 6.41. The standard InChI is InChI=1S/C14H19NO3S/c1-19-12-4-2-10(3-5-12)13(14(17)18)15-8-6-11(16)7-9-15/h2-5,11,13,16H,6-9H2,1H3,(H,17,18). The van der Waals surface area contributed by atoms with Gasteiger partial charge in [0.1, 0.15) is 6.04 Å². The fourth-order valence-corrected chi connectivity index (χ4v) is 2.85. The fourth-order valence-electron chi connectivity index (χ4n) is 2.44. The Hall–Kier alpha value is -1.04. The van der Waals surface area contributed by atoms with Gasteiger partial charge in [-0.1, -0.05) is 12.1 Å². The second-order valence-corrected chi connectivity index (χ2v) is 5.66. The number of aliphatic hydroxyl groups excluding tert-OH is 1. The van der Waals surface area contributed by atoms with E-state index in [4.69, 9.17) is 0 Å². The van der Waals surface area contributed by atoms with Gasteiger partial charge in [-0.15, -0.1) is 11.8 Å². The Morgan fingerprint density at radius 3 is 2.37 bits per heavy atom. The van der Waals surface area contributed by atoms with Gasteiger partial charge < -0.3 is 10.2 Å². The van der Waals surface area contributed by atoms with Gasteiger partial charge >= 0.3 is 5.97 Å². The zero-order chi connectivity index (χ0) is 13.8. The SMILES string of the molecule is CSc1ccc(C(C(=O)O)N2CCC(O)CC2)cc1. The largest absolute Gasteiger partial charge is 0.480 e. The third-order valence-electron chi connectivity index (χ3n) is 3.53. The molecular weight excluding hydrogens is 262 g/mol. The number of benzene rings is 1. The van der Waals surface area contributed by atoms with Crippen molar-refractivity contribution < 1.29 is 15.0 Å². The van der Waals surface area contributed by atoms with E-state index in [0.717, 1.165) is 10.5 Å². The first-order valence-electron chi connectivity index (χ1n) is 6.40. The number of nitrogens with zero attached hydrogens (tertiary/aromatic N) is 1. The molecule has 4 nitrogen and oxygen atoms in total. The number of carboxylic acids is 1. The highest BCUT2D eigenvalue weighted by Gasteiger charge is 2.30. The molecule has 1 aliphatic rings. The van der Waals surface area contributed by atoms with Crippen molar-refractivity contribution >= 4 is 17.7 Å². The topological polar surface area (TPSA) is 60.8 Å². The summed E-state index contributed by atoms with van der Waals surface area (Å²) in [6.07, 6.45) is 3.00. The van der Waals surface area contributed by atoms with Gasteiger partial charge in [0.25, 0.3) is 0 Å². The summed E-state index contributed by atoms with van der Waals surface area (Å²) in [7, 11) is 0. The third-order valence-corrected chi connectivity index (χ3v) is 4.27. The first-order chi connectivity index (χ1) is 9.11. The molecular formula is C14H19NO3S. The molecule has 2 rings (SSSR count). The third kappa shape index (κ3) is 3.49. The van der Waals surface area contributed by atoms with Crippen molar-refractivity contribution in [2.45, 2.75) is 29.9 Å². The maximum absolute atomic E-state index is 11.5. The molecule has 1 fully saturated rings. The van der Waals surface area contributed by atoms with E-state index in [0.29, 0.717) is 25.9 Å². The van der Waals surface area contributed by atoms with Crippen molar-refractivity contribution in [3.8, 4) is 0 Å². The number of carbonyl (C=O) groups is 1. The molecule has 0 bridgehead atoms. The van der Waals surface area contributed by atoms with E-state index in [1.165, 1.54) is 0 Å². The van der Waals surface area contributed by atoms with E-state index in [-0.39, 0.29) is 6.10 Å². The van der Waals surface area contributed by atoms with Gasteiger partial charge in [0.05, 0.1) is 6.10 Å². The first-order valence-corrected chi connectivity index (χ1v) is 7.63. The van der Waals surface area contributed by atoms with E-state index in [2.05, 4.69) is 0 Å². The number of hydrogen-bond acceptors (Lipinski definition) is 4. The maximum Gasteiger partial charge on any atom is 0.325 e. The molecule has 19 heavy (non-hydrogen) atoms. The van der Waals surface area contributed by atoms with Crippen LogP contribution in [0.1, 0.15) is 24.4 Å². The molecule has 0 radical (unpaired) electrons. The van der Waals surface area contributed by atoms with Gasteiger partial charge in [0.2, 0.25) is 0 Å². The molecule has 1 aliphatic heterocycles. The molecule has 0 spiro atoms. The van der Waals surface area contributed by atoms with E-state index >= 15 is 0 Å². The number of carboxylic acid groups (broad SMARTS) is 1. The molecule has 1 aromatic rings. The Morgan fingerprint density at radius 2 is 1.89 bits per heavy atom. The van der Waals surface area contributed by atoms with Crippen LogP contribution in [0.2, 0.25) is 0 Å². The smallest absolute Gasteiger partial charge is 0.325 e. The lowest BCUT2D eigenvalue weighted by Crippen LogP contribution is -2.41. The van der Waals surface area contributed by atoms with Crippen LogP contribution in [0, 0.1) is 0 Å². The number of piperidine rings is 1. The van der Waals surface area contributed by atoms with Crippen LogP contribution in [-0.4, -0.2) is 46.5 Å². The lowest BCUT2D eigenvalue weighted by Gasteiger charge is -2.34. The molecule has 0 aliphatic carbocycles. The van der Waals surface area contributed by atoms with Gasteiger partial charge in [-0.2, -0.15) is 0 Å². The summed E-state index contributed by atoms with van der Waals surface area (Å²) in [5.74, 6) is -0.826. The number of likely N-dealkylation sites (tertiary alicyclic amines) is 1. The average Bonchev–Trinajstić information content (AvgIpc) is 2.42. The lowest BCUT2D eigenvalue weighted by atomic mass is 10.0. The number of rotatable bonds is 4. The van der Waals surface area contributed by atoms with Crippen molar-refractivity contribution in [1.29, 1.82) is 0 Å². The maximum atomic E-state index is 11.5. The minimum absolute atomic E-state index is 0.287. The molecule has 0 saturated carbocycles. The van der Waals surface area contributed by atoms with Crippen molar-refractivity contribution in [3.63, 3.8) is 0 Å². The predicted octanol–water partition coefficient (Wildman–Crippen LogP) is 1.99. The summed E-state index contributed by atoms with van der Waals surface area (Å²) >= 11 is 1.64. The Kier molecular flexibility index (Phi) is 4.85. The van der Waals surface area contributed by atoms with E-state index < -0.39 is 12.0 Å². The van der Waals surface area contributed by atoms with Gasteiger partial charge in [0.15, 0.2) is 0 Å². The molecule has 0 aromatic heterocycles. The number of aliphatic carboxylic acids is 1. The van der Waals surface area contributed by atoms with E-state index in [1.807, 2.05) is 35.4 Å². The van der Waals surface area contributed by atoms with Crippen LogP contribution in [-0.2, 0) is 4.79 Å². The summed E-state index contributed by atoms with van der Waals surface area (Å²) in [6, 6.07) is 7.07. The highest BCUT2D eigenvalue weighted by Crippen LogP contribution is 2.26.